The molecule has 1 atom stereocenters. The second-order valence-corrected chi connectivity index (χ2v) is 2.84. The third-order valence-electron chi connectivity index (χ3n) is 2.07. The largest absolute Gasteiger partial charge is 0.469 e. The monoisotopic (exact) mass is 156 g/mol. The Kier molecular flexibility index (Phi) is 2.63. The average Bonchev–Trinajstić information content (AvgIpc) is 2.37. The molecule has 0 bridgehead atoms. The highest BCUT2D eigenvalue weighted by molar-refractivity contribution is 5.86. The summed E-state index contributed by atoms with van der Waals surface area (Å²) in [5, 5.41) is 0. The van der Waals surface area contributed by atoms with Crippen molar-refractivity contribution in [2.45, 2.75) is 25.7 Å². The van der Waals surface area contributed by atoms with Gasteiger partial charge < -0.3 is 4.74 Å². The van der Waals surface area contributed by atoms with Gasteiger partial charge in [-0.2, -0.15) is 0 Å². The molecule has 1 aliphatic carbocycles. The van der Waals surface area contributed by atoms with Crippen LogP contribution in [-0.4, -0.2) is 18.9 Å². The van der Waals surface area contributed by atoms with E-state index in [0.717, 1.165) is 12.8 Å². The maximum absolute atomic E-state index is 11.0. The van der Waals surface area contributed by atoms with E-state index in [1.165, 1.54) is 7.11 Å². The predicted octanol–water partition coefficient (Wildman–Crippen LogP) is 0.919. The zero-order chi connectivity index (χ0) is 8.27. The van der Waals surface area contributed by atoms with Gasteiger partial charge in [0.05, 0.1) is 13.5 Å². The number of ketones is 1. The second-order valence-electron chi connectivity index (χ2n) is 2.84. The summed E-state index contributed by atoms with van der Waals surface area (Å²) in [6.07, 6.45) is 2.70. The van der Waals surface area contributed by atoms with E-state index in [1.807, 2.05) is 0 Å². The van der Waals surface area contributed by atoms with E-state index >= 15 is 0 Å². The van der Waals surface area contributed by atoms with Crippen LogP contribution in [0.2, 0.25) is 0 Å². The van der Waals surface area contributed by atoms with Gasteiger partial charge in [-0.25, -0.2) is 0 Å². The molecule has 1 rings (SSSR count). The van der Waals surface area contributed by atoms with Gasteiger partial charge in [0.1, 0.15) is 5.78 Å². The van der Waals surface area contributed by atoms with E-state index < -0.39 is 0 Å². The normalized spacial score (nSPS) is 23.7. The fraction of sp³-hybridized carbons (Fsp3) is 0.750. The van der Waals surface area contributed by atoms with Crippen molar-refractivity contribution in [1.29, 1.82) is 0 Å². The highest BCUT2D eigenvalue weighted by atomic mass is 16.5. The van der Waals surface area contributed by atoms with Crippen LogP contribution in [0.1, 0.15) is 25.7 Å². The Hall–Kier alpha value is -0.860. The number of hydrogen-bond donors (Lipinski definition) is 0. The molecule has 0 spiro atoms. The van der Waals surface area contributed by atoms with Crippen LogP contribution < -0.4 is 0 Å². The Morgan fingerprint density at radius 1 is 1.73 bits per heavy atom. The zero-order valence-electron chi connectivity index (χ0n) is 6.63. The predicted molar refractivity (Wildman–Crippen MR) is 39.0 cm³/mol. The third kappa shape index (κ3) is 2.03. The van der Waals surface area contributed by atoms with Gasteiger partial charge in [0, 0.05) is 12.3 Å². The van der Waals surface area contributed by atoms with Gasteiger partial charge in [-0.1, -0.05) is 0 Å². The summed E-state index contributed by atoms with van der Waals surface area (Å²) in [4.78, 5) is 21.8. The highest BCUT2D eigenvalue weighted by Crippen LogP contribution is 2.24. The lowest BCUT2D eigenvalue weighted by Gasteiger charge is -2.04. The van der Waals surface area contributed by atoms with E-state index in [-0.39, 0.29) is 24.1 Å². The molecule has 0 radical (unpaired) electrons. The molecule has 1 aliphatic rings. The topological polar surface area (TPSA) is 43.4 Å². The SMILES string of the molecule is COC(=O)C[C@H]1CCCC1=O. The molecule has 0 aliphatic heterocycles. The number of carbonyl (C=O) groups excluding carboxylic acids is 2. The maximum Gasteiger partial charge on any atom is 0.306 e. The van der Waals surface area contributed by atoms with Crippen LogP contribution in [0.3, 0.4) is 0 Å². The van der Waals surface area contributed by atoms with E-state index in [4.69, 9.17) is 0 Å². The molecule has 3 nitrogen and oxygen atoms in total. The number of hydrogen-bond acceptors (Lipinski definition) is 3. The maximum atomic E-state index is 11.0. The lowest BCUT2D eigenvalue weighted by Crippen LogP contribution is -2.13. The lowest BCUT2D eigenvalue weighted by atomic mass is 10.0. The van der Waals surface area contributed by atoms with Crippen LogP contribution in [-0.2, 0) is 14.3 Å². The van der Waals surface area contributed by atoms with Crippen molar-refractivity contribution in [3.63, 3.8) is 0 Å². The summed E-state index contributed by atoms with van der Waals surface area (Å²) in [6.45, 7) is 0. The van der Waals surface area contributed by atoms with Crippen molar-refractivity contribution in [3.05, 3.63) is 0 Å². The molecular weight excluding hydrogens is 144 g/mol. The molecule has 0 N–H and O–H groups in total. The summed E-state index contributed by atoms with van der Waals surface area (Å²) in [5.74, 6) is -0.108. The molecule has 62 valence electrons. The third-order valence-corrected chi connectivity index (χ3v) is 2.07. The fourth-order valence-electron chi connectivity index (χ4n) is 1.39. The molecule has 1 saturated carbocycles. The molecule has 0 saturated heterocycles. The molecule has 0 aromatic heterocycles. The molecular formula is C8H12O3. The van der Waals surface area contributed by atoms with Crippen LogP contribution in [0.5, 0.6) is 0 Å². The van der Waals surface area contributed by atoms with Crippen LogP contribution >= 0.6 is 0 Å². The molecule has 0 aromatic carbocycles. The van der Waals surface area contributed by atoms with E-state index in [9.17, 15) is 9.59 Å². The molecule has 11 heavy (non-hydrogen) atoms. The lowest BCUT2D eigenvalue weighted by molar-refractivity contribution is -0.143. The zero-order valence-corrected chi connectivity index (χ0v) is 6.63. The second kappa shape index (κ2) is 3.51. The van der Waals surface area contributed by atoms with Crippen LogP contribution in [0.25, 0.3) is 0 Å². The molecule has 0 unspecified atom stereocenters. The first-order valence-electron chi connectivity index (χ1n) is 3.83. The summed E-state index contributed by atoms with van der Waals surface area (Å²) in [6, 6.07) is 0. The van der Waals surface area contributed by atoms with Crippen LogP contribution in [0.15, 0.2) is 0 Å². The Labute approximate surface area is 65.7 Å². The summed E-state index contributed by atoms with van der Waals surface area (Å²) >= 11 is 0. The van der Waals surface area contributed by atoms with Gasteiger partial charge in [0.2, 0.25) is 0 Å². The van der Waals surface area contributed by atoms with Crippen molar-refractivity contribution in [3.8, 4) is 0 Å². The average molecular weight is 156 g/mol. The van der Waals surface area contributed by atoms with Crippen LogP contribution in [0.4, 0.5) is 0 Å². The van der Waals surface area contributed by atoms with Crippen molar-refractivity contribution in [1.82, 2.24) is 0 Å². The van der Waals surface area contributed by atoms with Gasteiger partial charge in [0.15, 0.2) is 0 Å². The van der Waals surface area contributed by atoms with Crippen LogP contribution in [0, 0.1) is 5.92 Å². The molecule has 0 heterocycles. The van der Waals surface area contributed by atoms with Gasteiger partial charge in [-0.05, 0) is 12.8 Å². The highest BCUT2D eigenvalue weighted by Gasteiger charge is 2.26. The number of methoxy groups -OCH3 is 1. The summed E-state index contributed by atoms with van der Waals surface area (Å²) in [7, 11) is 1.35. The Morgan fingerprint density at radius 3 is 2.91 bits per heavy atom. The minimum Gasteiger partial charge on any atom is -0.469 e. The van der Waals surface area contributed by atoms with E-state index in [0.29, 0.717) is 6.42 Å². The number of Topliss-reactive ketones (excluding diaryl/α,β-unsaturated/α-hetero) is 1. The molecule has 0 aromatic rings. The minimum atomic E-state index is -0.273. The van der Waals surface area contributed by atoms with Gasteiger partial charge in [0.25, 0.3) is 0 Å². The number of rotatable bonds is 2. The number of carbonyl (C=O) groups is 2. The summed E-state index contributed by atoms with van der Waals surface area (Å²) < 4.78 is 4.47. The standard InChI is InChI=1S/C8H12O3/c1-11-8(10)5-6-3-2-4-7(6)9/h6H,2-5H2,1H3/t6-/m1/s1. The van der Waals surface area contributed by atoms with Crippen molar-refractivity contribution in [2.24, 2.45) is 5.92 Å². The first kappa shape index (κ1) is 8.24. The number of ether oxygens (including phenoxy) is 1. The fourth-order valence-corrected chi connectivity index (χ4v) is 1.39. The first-order valence-corrected chi connectivity index (χ1v) is 3.83. The van der Waals surface area contributed by atoms with Gasteiger partial charge in [-0.15, -0.1) is 0 Å². The van der Waals surface area contributed by atoms with E-state index in [2.05, 4.69) is 4.74 Å². The Morgan fingerprint density at radius 2 is 2.45 bits per heavy atom. The van der Waals surface area contributed by atoms with Gasteiger partial charge in [-0.3, -0.25) is 9.59 Å². The van der Waals surface area contributed by atoms with Crippen molar-refractivity contribution in [2.75, 3.05) is 7.11 Å². The molecule has 1 fully saturated rings. The van der Waals surface area contributed by atoms with Gasteiger partial charge >= 0.3 is 5.97 Å². The molecule has 3 heteroatoms. The smallest absolute Gasteiger partial charge is 0.306 e. The van der Waals surface area contributed by atoms with Crippen molar-refractivity contribution < 1.29 is 14.3 Å². The first-order chi connectivity index (χ1) is 5.24. The minimum absolute atomic E-state index is 0.0533. The molecule has 0 amide bonds. The quantitative estimate of drug-likeness (QED) is 0.558. The Balaban J connectivity index is 2.36. The van der Waals surface area contributed by atoms with E-state index in [1.54, 1.807) is 0 Å². The number of esters is 1. The summed E-state index contributed by atoms with van der Waals surface area (Å²) in [5.41, 5.74) is 0. The van der Waals surface area contributed by atoms with Crippen molar-refractivity contribution >= 4 is 11.8 Å². The Bertz CT molecular complexity index is 174.